The van der Waals surface area contributed by atoms with E-state index in [0.717, 1.165) is 12.1 Å². The van der Waals surface area contributed by atoms with Gasteiger partial charge in [-0.1, -0.05) is 11.3 Å². The van der Waals surface area contributed by atoms with Crippen molar-refractivity contribution in [3.63, 3.8) is 0 Å². The van der Waals surface area contributed by atoms with Gasteiger partial charge in [0.25, 0.3) is 0 Å². The van der Waals surface area contributed by atoms with Crippen LogP contribution in [-0.2, 0) is 27.5 Å². The summed E-state index contributed by atoms with van der Waals surface area (Å²) < 4.78 is 71.6. The molecule has 0 amide bonds. The van der Waals surface area contributed by atoms with E-state index in [2.05, 4.69) is 10.3 Å². The Kier molecular flexibility index (Phi) is 5.04. The number of aromatic nitrogens is 3. The highest BCUT2D eigenvalue weighted by atomic mass is 32.2. The number of rotatable bonds is 5. The molecule has 2 aromatic rings. The second-order valence-corrected chi connectivity index (χ2v) is 7.89. The molecule has 1 aromatic carbocycles. The van der Waals surface area contributed by atoms with E-state index in [4.69, 9.17) is 4.74 Å². The number of ether oxygens (including phenoxy) is 1. The smallest absolute Gasteiger partial charge is 0.378 e. The summed E-state index contributed by atoms with van der Waals surface area (Å²) in [6, 6.07) is 3.54. The van der Waals surface area contributed by atoms with Crippen LogP contribution in [0, 0.1) is 0 Å². The Balaban J connectivity index is 1.79. The maximum atomic E-state index is 12.8. The van der Waals surface area contributed by atoms with Crippen LogP contribution in [0.25, 0.3) is 0 Å². The van der Waals surface area contributed by atoms with Crippen molar-refractivity contribution in [3.05, 3.63) is 41.7 Å². The molecule has 2 heterocycles. The summed E-state index contributed by atoms with van der Waals surface area (Å²) in [6.07, 6.45) is -2.43. The molecule has 0 aliphatic carbocycles. The van der Waals surface area contributed by atoms with Crippen molar-refractivity contribution in [1.29, 1.82) is 0 Å². The molecule has 0 unspecified atom stereocenters. The molecule has 1 saturated heterocycles. The highest BCUT2D eigenvalue weighted by molar-refractivity contribution is 7.89. The zero-order valence-electron chi connectivity index (χ0n) is 13.8. The van der Waals surface area contributed by atoms with E-state index in [1.807, 2.05) is 0 Å². The van der Waals surface area contributed by atoms with Gasteiger partial charge in [0.05, 0.1) is 29.3 Å². The Bertz CT molecular complexity index is 882. The molecule has 7 nitrogen and oxygen atoms in total. The van der Waals surface area contributed by atoms with E-state index < -0.39 is 21.8 Å². The van der Waals surface area contributed by atoms with Crippen LogP contribution in [0.15, 0.2) is 35.4 Å². The van der Waals surface area contributed by atoms with Crippen LogP contribution in [0.1, 0.15) is 23.7 Å². The van der Waals surface area contributed by atoms with Gasteiger partial charge in [-0.05, 0) is 24.6 Å². The number of methoxy groups -OCH3 is 1. The standard InChI is InChI=1S/C15H17F3N4O3S/c1-25-10-12-8-22(20-19-12)13-5-6-21(9-13)26(23,24)14-4-2-3-11(7-14)15(16,17)18/h2-4,7-8,13H,5-6,9-10H2,1H3/t13-/m0/s1. The average Bonchev–Trinajstić information content (AvgIpc) is 3.24. The van der Waals surface area contributed by atoms with Gasteiger partial charge in [0.1, 0.15) is 5.69 Å². The molecule has 1 aromatic heterocycles. The predicted molar refractivity (Wildman–Crippen MR) is 84.6 cm³/mol. The van der Waals surface area contributed by atoms with Crippen molar-refractivity contribution in [2.45, 2.75) is 30.1 Å². The van der Waals surface area contributed by atoms with Crippen LogP contribution >= 0.6 is 0 Å². The first-order valence-electron chi connectivity index (χ1n) is 7.79. The lowest BCUT2D eigenvalue weighted by Crippen LogP contribution is -2.29. The normalized spacial score (nSPS) is 19.2. The minimum absolute atomic E-state index is 0.119. The summed E-state index contributed by atoms with van der Waals surface area (Å²) in [6.45, 7) is 0.607. The van der Waals surface area contributed by atoms with Crippen LogP contribution in [0.5, 0.6) is 0 Å². The Labute approximate surface area is 148 Å². The van der Waals surface area contributed by atoms with E-state index >= 15 is 0 Å². The Morgan fingerprint density at radius 2 is 2.12 bits per heavy atom. The molecule has 26 heavy (non-hydrogen) atoms. The van der Waals surface area contributed by atoms with Gasteiger partial charge < -0.3 is 4.74 Å². The number of nitrogens with zero attached hydrogens (tertiary/aromatic N) is 4. The third-order valence-electron chi connectivity index (χ3n) is 4.15. The van der Waals surface area contributed by atoms with E-state index in [9.17, 15) is 21.6 Å². The van der Waals surface area contributed by atoms with E-state index in [1.54, 1.807) is 10.9 Å². The van der Waals surface area contributed by atoms with E-state index in [-0.39, 0.29) is 24.0 Å². The zero-order valence-corrected chi connectivity index (χ0v) is 14.7. The lowest BCUT2D eigenvalue weighted by atomic mass is 10.2. The minimum Gasteiger partial charge on any atom is -0.378 e. The van der Waals surface area contributed by atoms with Gasteiger partial charge >= 0.3 is 6.18 Å². The molecule has 0 spiro atoms. The second-order valence-electron chi connectivity index (χ2n) is 5.95. The number of halogens is 3. The molecular weight excluding hydrogens is 373 g/mol. The first kappa shape index (κ1) is 18.8. The number of sulfonamides is 1. The lowest BCUT2D eigenvalue weighted by Gasteiger charge is -2.17. The van der Waals surface area contributed by atoms with E-state index in [1.165, 1.54) is 17.5 Å². The number of benzene rings is 1. The highest BCUT2D eigenvalue weighted by Gasteiger charge is 2.36. The Morgan fingerprint density at radius 1 is 1.35 bits per heavy atom. The quantitative estimate of drug-likeness (QED) is 0.781. The maximum absolute atomic E-state index is 12.8. The van der Waals surface area contributed by atoms with Gasteiger partial charge in [-0.25, -0.2) is 13.1 Å². The van der Waals surface area contributed by atoms with Crippen LogP contribution < -0.4 is 0 Å². The SMILES string of the molecule is COCc1cn([C@H]2CCN(S(=O)(=O)c3cccc(C(F)(F)F)c3)C2)nn1. The van der Waals surface area contributed by atoms with Crippen LogP contribution in [0.4, 0.5) is 13.2 Å². The molecular formula is C15H17F3N4O3S. The average molecular weight is 390 g/mol. The summed E-state index contributed by atoms with van der Waals surface area (Å²) >= 11 is 0. The van der Waals surface area contributed by atoms with Gasteiger partial charge in [-0.2, -0.15) is 17.5 Å². The first-order valence-corrected chi connectivity index (χ1v) is 9.23. The topological polar surface area (TPSA) is 77.3 Å². The summed E-state index contributed by atoms with van der Waals surface area (Å²) in [7, 11) is -2.49. The molecule has 1 aliphatic rings. The van der Waals surface area contributed by atoms with Crippen LogP contribution in [0.3, 0.4) is 0 Å². The van der Waals surface area contributed by atoms with Crippen molar-refractivity contribution in [2.24, 2.45) is 0 Å². The second kappa shape index (κ2) is 6.97. The third-order valence-corrected chi connectivity index (χ3v) is 6.01. The van der Waals surface area contributed by atoms with Crippen LogP contribution in [-0.4, -0.2) is 47.9 Å². The van der Waals surface area contributed by atoms with Gasteiger partial charge in [-0.15, -0.1) is 5.10 Å². The molecule has 1 atom stereocenters. The van der Waals surface area contributed by atoms with E-state index in [0.29, 0.717) is 24.8 Å². The molecule has 142 valence electrons. The summed E-state index contributed by atoms with van der Waals surface area (Å²) in [5, 5.41) is 7.90. The minimum atomic E-state index is -4.60. The highest BCUT2D eigenvalue weighted by Crippen LogP contribution is 2.32. The van der Waals surface area contributed by atoms with Gasteiger partial charge in [0.15, 0.2) is 0 Å². The zero-order chi connectivity index (χ0) is 18.9. The summed E-state index contributed by atoms with van der Waals surface area (Å²) in [5.74, 6) is 0. The molecule has 11 heteroatoms. The van der Waals surface area contributed by atoms with Crippen molar-refractivity contribution >= 4 is 10.0 Å². The molecule has 0 saturated carbocycles. The monoisotopic (exact) mass is 390 g/mol. The van der Waals surface area contributed by atoms with Crippen molar-refractivity contribution < 1.29 is 26.3 Å². The maximum Gasteiger partial charge on any atom is 0.416 e. The lowest BCUT2D eigenvalue weighted by molar-refractivity contribution is -0.137. The van der Waals surface area contributed by atoms with Gasteiger partial charge in [0.2, 0.25) is 10.0 Å². The third kappa shape index (κ3) is 3.74. The fourth-order valence-electron chi connectivity index (χ4n) is 2.83. The van der Waals surface area contributed by atoms with Gasteiger partial charge in [0, 0.05) is 20.2 Å². The fourth-order valence-corrected chi connectivity index (χ4v) is 4.37. The largest absolute Gasteiger partial charge is 0.416 e. The molecule has 0 bridgehead atoms. The summed E-state index contributed by atoms with van der Waals surface area (Å²) in [5.41, 5.74) is -0.374. The van der Waals surface area contributed by atoms with Gasteiger partial charge in [-0.3, -0.25) is 0 Å². The molecule has 3 rings (SSSR count). The first-order chi connectivity index (χ1) is 12.2. The van der Waals surface area contributed by atoms with Crippen molar-refractivity contribution in [3.8, 4) is 0 Å². The molecule has 0 radical (unpaired) electrons. The Hall–Kier alpha value is -1.98. The number of hydrogen-bond acceptors (Lipinski definition) is 5. The summed E-state index contributed by atoms with van der Waals surface area (Å²) in [4.78, 5) is -0.369. The predicted octanol–water partition coefficient (Wildman–Crippen LogP) is 2.08. The Morgan fingerprint density at radius 3 is 2.81 bits per heavy atom. The molecule has 1 aliphatic heterocycles. The number of alkyl halides is 3. The molecule has 0 N–H and O–H groups in total. The fraction of sp³-hybridized carbons (Fsp3) is 0.467. The van der Waals surface area contributed by atoms with Crippen molar-refractivity contribution in [2.75, 3.05) is 20.2 Å². The number of hydrogen-bond donors (Lipinski definition) is 0. The van der Waals surface area contributed by atoms with Crippen molar-refractivity contribution in [1.82, 2.24) is 19.3 Å². The van der Waals surface area contributed by atoms with Crippen LogP contribution in [0.2, 0.25) is 0 Å². The molecule has 1 fully saturated rings.